The van der Waals surface area contributed by atoms with E-state index < -0.39 is 0 Å². The molecule has 1 unspecified atom stereocenters. The van der Waals surface area contributed by atoms with Gasteiger partial charge in [0.05, 0.1) is 18.9 Å². The maximum absolute atomic E-state index is 5.64. The van der Waals surface area contributed by atoms with E-state index in [9.17, 15) is 0 Å². The third-order valence-electron chi connectivity index (χ3n) is 3.38. The van der Waals surface area contributed by atoms with Crippen LogP contribution in [0.25, 0.3) is 0 Å². The van der Waals surface area contributed by atoms with Gasteiger partial charge in [0.25, 0.3) is 0 Å². The minimum Gasteiger partial charge on any atom is -0.493 e. The van der Waals surface area contributed by atoms with Gasteiger partial charge in [-0.15, -0.1) is 0 Å². The lowest BCUT2D eigenvalue weighted by atomic mass is 9.98. The highest BCUT2D eigenvalue weighted by Gasteiger charge is 2.17. The van der Waals surface area contributed by atoms with E-state index in [2.05, 4.69) is 23.5 Å². The Hall–Kier alpha value is -1.74. The van der Waals surface area contributed by atoms with Gasteiger partial charge in [-0.05, 0) is 49.2 Å². The molecule has 2 aromatic rings. The van der Waals surface area contributed by atoms with Gasteiger partial charge in [-0.3, -0.25) is 0 Å². The molecule has 18 heavy (non-hydrogen) atoms. The van der Waals surface area contributed by atoms with Gasteiger partial charge in [0, 0.05) is 0 Å². The van der Waals surface area contributed by atoms with Crippen molar-refractivity contribution in [3.63, 3.8) is 0 Å². The summed E-state index contributed by atoms with van der Waals surface area (Å²) in [5.74, 6) is 1.97. The molecule has 94 valence electrons. The van der Waals surface area contributed by atoms with Crippen LogP contribution in [0.4, 0.5) is 0 Å². The number of furan rings is 1. The number of fused-ring (bicyclic) bond motifs is 1. The lowest BCUT2D eigenvalue weighted by molar-refractivity contribution is 0.288. The number of benzene rings is 1. The van der Waals surface area contributed by atoms with Crippen LogP contribution >= 0.6 is 0 Å². The highest BCUT2D eigenvalue weighted by atomic mass is 16.5. The van der Waals surface area contributed by atoms with Crippen LogP contribution in [0.5, 0.6) is 5.75 Å². The van der Waals surface area contributed by atoms with Crippen LogP contribution < -0.4 is 10.1 Å². The lowest BCUT2D eigenvalue weighted by Gasteiger charge is -2.20. The number of aryl methyl sites for hydroxylation is 1. The Labute approximate surface area is 107 Å². The van der Waals surface area contributed by atoms with E-state index in [0.29, 0.717) is 0 Å². The van der Waals surface area contributed by atoms with Gasteiger partial charge in [0.15, 0.2) is 0 Å². The molecule has 0 spiro atoms. The van der Waals surface area contributed by atoms with Gasteiger partial charge >= 0.3 is 0 Å². The second-order valence-corrected chi connectivity index (χ2v) is 4.56. The largest absolute Gasteiger partial charge is 0.493 e. The lowest BCUT2D eigenvalue weighted by Crippen LogP contribution is -2.18. The first-order valence-electron chi connectivity index (χ1n) is 6.35. The molecule has 0 amide bonds. The third kappa shape index (κ3) is 2.02. The predicted molar refractivity (Wildman–Crippen MR) is 69.9 cm³/mol. The van der Waals surface area contributed by atoms with Crippen molar-refractivity contribution in [2.75, 3.05) is 13.7 Å². The first-order valence-corrected chi connectivity index (χ1v) is 6.35. The van der Waals surface area contributed by atoms with Gasteiger partial charge in [0.2, 0.25) is 0 Å². The van der Waals surface area contributed by atoms with E-state index in [1.165, 1.54) is 11.1 Å². The van der Waals surface area contributed by atoms with Crippen molar-refractivity contribution >= 4 is 0 Å². The molecule has 1 aromatic heterocycles. The summed E-state index contributed by atoms with van der Waals surface area (Å²) in [5, 5.41) is 3.29. The molecule has 1 N–H and O–H groups in total. The molecule has 0 aliphatic carbocycles. The number of nitrogens with one attached hydrogen (secondary N) is 1. The van der Waals surface area contributed by atoms with Crippen molar-refractivity contribution in [1.29, 1.82) is 0 Å². The summed E-state index contributed by atoms with van der Waals surface area (Å²) >= 11 is 0. The van der Waals surface area contributed by atoms with Crippen molar-refractivity contribution in [2.45, 2.75) is 18.9 Å². The van der Waals surface area contributed by atoms with Gasteiger partial charge in [0.1, 0.15) is 11.5 Å². The second kappa shape index (κ2) is 4.86. The molecule has 0 saturated heterocycles. The Balaban J connectivity index is 1.95. The van der Waals surface area contributed by atoms with Crippen molar-refractivity contribution in [1.82, 2.24) is 5.32 Å². The average Bonchev–Trinajstić information content (AvgIpc) is 2.93. The van der Waals surface area contributed by atoms with Crippen LogP contribution in [0, 0.1) is 0 Å². The van der Waals surface area contributed by atoms with Crippen LogP contribution in [-0.2, 0) is 6.42 Å². The van der Waals surface area contributed by atoms with Crippen LogP contribution in [0.1, 0.15) is 29.3 Å². The molecule has 1 atom stereocenters. The van der Waals surface area contributed by atoms with Crippen molar-refractivity contribution in [2.24, 2.45) is 0 Å². The van der Waals surface area contributed by atoms with Crippen LogP contribution in [0.2, 0.25) is 0 Å². The molecular formula is C15H17NO2. The van der Waals surface area contributed by atoms with Gasteiger partial charge in [-0.1, -0.05) is 12.1 Å². The third-order valence-corrected chi connectivity index (χ3v) is 3.38. The Kier molecular flexibility index (Phi) is 3.07. The van der Waals surface area contributed by atoms with E-state index >= 15 is 0 Å². The molecule has 0 fully saturated rings. The summed E-state index contributed by atoms with van der Waals surface area (Å²) in [6, 6.07) is 10.4. The normalized spacial score (nSPS) is 15.8. The summed E-state index contributed by atoms with van der Waals surface area (Å²) in [6.45, 7) is 0.833. The second-order valence-electron chi connectivity index (χ2n) is 4.56. The number of hydrogen-bond acceptors (Lipinski definition) is 3. The fourth-order valence-electron chi connectivity index (χ4n) is 2.49. The Morgan fingerprint density at radius 2 is 2.22 bits per heavy atom. The summed E-state index contributed by atoms with van der Waals surface area (Å²) < 4.78 is 11.1. The van der Waals surface area contributed by atoms with Crippen molar-refractivity contribution in [3.05, 3.63) is 53.5 Å². The van der Waals surface area contributed by atoms with Gasteiger partial charge < -0.3 is 14.5 Å². The van der Waals surface area contributed by atoms with Crippen LogP contribution in [0.15, 0.2) is 41.0 Å². The van der Waals surface area contributed by atoms with Gasteiger partial charge in [-0.2, -0.15) is 0 Å². The summed E-state index contributed by atoms with van der Waals surface area (Å²) in [5.41, 5.74) is 2.52. The smallest absolute Gasteiger partial charge is 0.125 e. The molecule has 3 nitrogen and oxygen atoms in total. The SMILES string of the molecule is CNC(c1ccc2c(c1)CCCO2)c1ccco1. The number of rotatable bonds is 3. The van der Waals surface area contributed by atoms with Crippen LogP contribution in [-0.4, -0.2) is 13.7 Å². The molecule has 1 aliphatic heterocycles. The van der Waals surface area contributed by atoms with Gasteiger partial charge in [-0.25, -0.2) is 0 Å². The van der Waals surface area contributed by atoms with Crippen LogP contribution in [0.3, 0.4) is 0 Å². The van der Waals surface area contributed by atoms with E-state index in [0.717, 1.165) is 31.0 Å². The Morgan fingerprint density at radius 3 is 3.00 bits per heavy atom. The molecule has 0 bridgehead atoms. The molecule has 3 rings (SSSR count). The molecular weight excluding hydrogens is 226 g/mol. The predicted octanol–water partition coefficient (Wildman–Crippen LogP) is 2.91. The summed E-state index contributed by atoms with van der Waals surface area (Å²) in [7, 11) is 1.95. The van der Waals surface area contributed by atoms with Crippen molar-refractivity contribution < 1.29 is 9.15 Å². The minimum absolute atomic E-state index is 0.104. The summed E-state index contributed by atoms with van der Waals surface area (Å²) in [4.78, 5) is 0. The van der Waals surface area contributed by atoms with E-state index in [1.807, 2.05) is 19.2 Å². The van der Waals surface area contributed by atoms with Crippen molar-refractivity contribution in [3.8, 4) is 5.75 Å². The van der Waals surface area contributed by atoms with E-state index in [4.69, 9.17) is 9.15 Å². The standard InChI is InChI=1S/C15H17NO2/c1-16-15(14-5-3-9-18-14)12-6-7-13-11(10-12)4-2-8-17-13/h3,5-7,9-10,15-16H,2,4,8H2,1H3. The minimum atomic E-state index is 0.104. The van der Waals surface area contributed by atoms with E-state index in [1.54, 1.807) is 6.26 Å². The monoisotopic (exact) mass is 243 g/mol. The first-order chi connectivity index (χ1) is 8.88. The molecule has 0 radical (unpaired) electrons. The number of ether oxygens (including phenoxy) is 1. The fraction of sp³-hybridized carbons (Fsp3) is 0.333. The molecule has 0 saturated carbocycles. The molecule has 1 aliphatic rings. The average molecular weight is 243 g/mol. The fourth-order valence-corrected chi connectivity index (χ4v) is 2.49. The molecule has 3 heteroatoms. The maximum Gasteiger partial charge on any atom is 0.125 e. The van der Waals surface area contributed by atoms with E-state index in [-0.39, 0.29) is 6.04 Å². The molecule has 2 heterocycles. The topological polar surface area (TPSA) is 34.4 Å². The zero-order valence-electron chi connectivity index (χ0n) is 10.5. The first kappa shape index (κ1) is 11.4. The molecule has 1 aromatic carbocycles. The quantitative estimate of drug-likeness (QED) is 0.900. The Morgan fingerprint density at radius 1 is 1.28 bits per heavy atom. The highest BCUT2D eigenvalue weighted by molar-refractivity contribution is 5.41. The summed E-state index contributed by atoms with van der Waals surface area (Å²) in [6.07, 6.45) is 3.90. The zero-order valence-corrected chi connectivity index (χ0v) is 10.5. The zero-order chi connectivity index (χ0) is 12.4. The number of hydrogen-bond donors (Lipinski definition) is 1. The highest BCUT2D eigenvalue weighted by Crippen LogP contribution is 2.30. The maximum atomic E-state index is 5.64. The Bertz CT molecular complexity index is 519.